The second kappa shape index (κ2) is 15.2. The third-order valence-electron chi connectivity index (χ3n) is 4.84. The number of unbranched alkanes of at least 4 members (excludes halogenated alkanes) is 7. The number of methoxy groups -OCH3 is 1. The monoisotopic (exact) mass is 467 g/mol. The van der Waals surface area contributed by atoms with Crippen LogP contribution in [0, 0.1) is 0 Å². The van der Waals surface area contributed by atoms with Gasteiger partial charge in [0.15, 0.2) is 17.4 Å². The zero-order valence-electron chi connectivity index (χ0n) is 19.8. The van der Waals surface area contributed by atoms with E-state index in [1.54, 1.807) is 12.1 Å². The molecule has 0 N–H and O–H groups in total. The summed E-state index contributed by atoms with van der Waals surface area (Å²) in [5.41, 5.74) is 0.434. The quantitative estimate of drug-likeness (QED) is 0.125. The number of rotatable bonds is 15. The number of carbonyl (C=O) groups is 2. The Morgan fingerprint density at radius 3 is 1.97 bits per heavy atom. The Balaban J connectivity index is 2.02. The Kier molecular flexibility index (Phi) is 13.4. The average Bonchev–Trinajstić information content (AvgIpc) is 2.71. The molecule has 0 aliphatic carbocycles. The molecule has 6 nitrogen and oxygen atoms in total. The topological polar surface area (TPSA) is 71.1 Å². The Morgan fingerprint density at radius 2 is 1.42 bits per heavy atom. The van der Waals surface area contributed by atoms with Crippen LogP contribution in [0.15, 0.2) is 24.3 Å². The van der Waals surface area contributed by atoms with Crippen LogP contribution in [0.5, 0.6) is 5.75 Å². The summed E-state index contributed by atoms with van der Waals surface area (Å²) in [6.07, 6.45) is 8.75. The van der Waals surface area contributed by atoms with Crippen molar-refractivity contribution in [3.63, 3.8) is 0 Å². The van der Waals surface area contributed by atoms with E-state index in [4.69, 9.17) is 13.6 Å². The molecule has 0 aliphatic rings. The summed E-state index contributed by atoms with van der Waals surface area (Å²) < 4.78 is 20.8. The van der Waals surface area contributed by atoms with Crippen LogP contribution in [-0.2, 0) is 13.6 Å². The molecule has 0 saturated carbocycles. The van der Waals surface area contributed by atoms with Crippen molar-refractivity contribution in [1.82, 2.24) is 0 Å². The number of hydrogen-bond acceptors (Lipinski definition) is 6. The number of hydrogen-bond donors (Lipinski definition) is 0. The highest BCUT2D eigenvalue weighted by atomic mass is 28.4. The first kappa shape index (κ1) is 27.4. The lowest BCUT2D eigenvalue weighted by Gasteiger charge is -2.25. The molecule has 1 aromatic rings. The normalized spacial score (nSPS) is 11.4. The van der Waals surface area contributed by atoms with E-state index in [1.165, 1.54) is 63.8 Å². The van der Waals surface area contributed by atoms with Gasteiger partial charge in [-0.05, 0) is 62.9 Å². The highest BCUT2D eigenvalue weighted by Crippen LogP contribution is 2.18. The second-order valence-electron chi connectivity index (χ2n) is 8.56. The van der Waals surface area contributed by atoms with Crippen molar-refractivity contribution >= 4 is 29.5 Å². The summed E-state index contributed by atoms with van der Waals surface area (Å²) in [5.74, 6) is -0.0428. The number of carbonyl (C=O) groups excluding carboxylic acids is 2. The van der Waals surface area contributed by atoms with Gasteiger partial charge < -0.3 is 18.3 Å². The molecule has 0 aromatic heterocycles. The van der Waals surface area contributed by atoms with Crippen LogP contribution in [0.2, 0.25) is 32.2 Å². The van der Waals surface area contributed by atoms with Gasteiger partial charge in [-0.1, -0.05) is 44.9 Å². The van der Waals surface area contributed by atoms with Gasteiger partial charge in [-0.25, -0.2) is 9.59 Å². The predicted octanol–water partition coefficient (Wildman–Crippen LogP) is 6.58. The molecule has 0 amide bonds. The standard InChI is InChI=1S/C23H39O6Si2/c1-26-23(25)28-21-16-14-20(15-17-21)22(24)27-18-12-10-8-6-7-9-11-13-19-31(4,5)29-30(2)3/h14-17H,6-13,18-19H2,1-5H3. The van der Waals surface area contributed by atoms with Gasteiger partial charge in [-0.2, -0.15) is 0 Å². The molecule has 31 heavy (non-hydrogen) atoms. The van der Waals surface area contributed by atoms with E-state index in [9.17, 15) is 9.59 Å². The van der Waals surface area contributed by atoms with Gasteiger partial charge in [0.05, 0.1) is 19.3 Å². The summed E-state index contributed by atoms with van der Waals surface area (Å²) in [5, 5.41) is 0. The van der Waals surface area contributed by atoms with Crippen LogP contribution in [0.1, 0.15) is 61.7 Å². The van der Waals surface area contributed by atoms with Crippen LogP contribution >= 0.6 is 0 Å². The van der Waals surface area contributed by atoms with Gasteiger partial charge in [0, 0.05) is 0 Å². The predicted molar refractivity (Wildman–Crippen MR) is 128 cm³/mol. The molecule has 1 radical (unpaired) electrons. The fraction of sp³-hybridized carbons (Fsp3) is 0.652. The minimum atomic E-state index is -1.42. The molecule has 8 heteroatoms. The fourth-order valence-corrected chi connectivity index (χ4v) is 9.29. The Bertz CT molecular complexity index is 646. The summed E-state index contributed by atoms with van der Waals surface area (Å²) in [4.78, 5) is 23.1. The molecule has 0 bridgehead atoms. The Hall–Kier alpha value is -1.65. The van der Waals surface area contributed by atoms with Crippen molar-refractivity contribution in [1.29, 1.82) is 0 Å². The zero-order valence-corrected chi connectivity index (χ0v) is 21.8. The van der Waals surface area contributed by atoms with E-state index < -0.39 is 23.5 Å². The third kappa shape index (κ3) is 13.4. The van der Waals surface area contributed by atoms with Crippen molar-refractivity contribution in [3.05, 3.63) is 29.8 Å². The number of ether oxygens (including phenoxy) is 3. The first-order valence-corrected chi connectivity index (χ1v) is 16.8. The van der Waals surface area contributed by atoms with E-state index in [2.05, 4.69) is 30.9 Å². The highest BCUT2D eigenvalue weighted by Gasteiger charge is 2.22. The number of benzene rings is 1. The Morgan fingerprint density at radius 1 is 0.871 bits per heavy atom. The lowest BCUT2D eigenvalue weighted by Crippen LogP contribution is -2.34. The summed E-state index contributed by atoms with van der Waals surface area (Å²) in [6, 6.07) is 7.49. The lowest BCUT2D eigenvalue weighted by atomic mass is 10.1. The molecule has 0 atom stereocenters. The lowest BCUT2D eigenvalue weighted by molar-refractivity contribution is 0.0497. The van der Waals surface area contributed by atoms with Crippen molar-refractivity contribution in [2.75, 3.05) is 13.7 Å². The van der Waals surface area contributed by atoms with Gasteiger partial charge in [-0.3, -0.25) is 0 Å². The van der Waals surface area contributed by atoms with Gasteiger partial charge in [0.1, 0.15) is 5.75 Å². The van der Waals surface area contributed by atoms with Crippen molar-refractivity contribution < 1.29 is 27.9 Å². The zero-order chi connectivity index (χ0) is 23.1. The van der Waals surface area contributed by atoms with Gasteiger partial charge in [0.25, 0.3) is 0 Å². The molecule has 1 aromatic carbocycles. The minimum absolute atomic E-state index is 0.319. The van der Waals surface area contributed by atoms with Crippen LogP contribution < -0.4 is 4.74 Å². The van der Waals surface area contributed by atoms with Crippen LogP contribution in [-0.4, -0.2) is 43.2 Å². The maximum Gasteiger partial charge on any atom is 0.513 e. The summed E-state index contributed by atoms with van der Waals surface area (Å²) >= 11 is 0. The molecule has 0 spiro atoms. The van der Waals surface area contributed by atoms with Crippen LogP contribution in [0.4, 0.5) is 4.79 Å². The molecular weight excluding hydrogens is 428 g/mol. The van der Waals surface area contributed by atoms with Gasteiger partial charge in [-0.15, -0.1) is 0 Å². The highest BCUT2D eigenvalue weighted by molar-refractivity contribution is 6.77. The van der Waals surface area contributed by atoms with Crippen LogP contribution in [0.3, 0.4) is 0 Å². The van der Waals surface area contributed by atoms with E-state index in [-0.39, 0.29) is 5.97 Å². The first-order chi connectivity index (χ1) is 14.7. The summed E-state index contributed by atoms with van der Waals surface area (Å²) in [6.45, 7) is 9.55. The first-order valence-electron chi connectivity index (χ1n) is 11.3. The van der Waals surface area contributed by atoms with Crippen molar-refractivity contribution in [3.8, 4) is 5.75 Å². The molecule has 0 aliphatic heterocycles. The maximum absolute atomic E-state index is 12.0. The van der Waals surface area contributed by atoms with Gasteiger partial charge in [0.2, 0.25) is 0 Å². The van der Waals surface area contributed by atoms with E-state index >= 15 is 0 Å². The smallest absolute Gasteiger partial charge is 0.462 e. The van der Waals surface area contributed by atoms with E-state index in [0.717, 1.165) is 12.8 Å². The average molecular weight is 468 g/mol. The fourth-order valence-electron chi connectivity index (χ4n) is 3.36. The molecule has 175 valence electrons. The summed E-state index contributed by atoms with van der Waals surface area (Å²) in [7, 11) is -0.755. The van der Waals surface area contributed by atoms with E-state index in [0.29, 0.717) is 17.9 Å². The maximum atomic E-state index is 12.0. The van der Waals surface area contributed by atoms with Gasteiger partial charge >= 0.3 is 12.1 Å². The number of esters is 1. The largest absolute Gasteiger partial charge is 0.513 e. The Labute approximate surface area is 190 Å². The minimum Gasteiger partial charge on any atom is -0.462 e. The molecule has 0 unspecified atom stereocenters. The molecule has 0 heterocycles. The SMILES string of the molecule is COC(=O)Oc1ccc(C(=O)OCCCCCCCCCC[Si](C)(C)O[Si](C)C)cc1. The molecule has 0 saturated heterocycles. The van der Waals surface area contributed by atoms with E-state index in [1.807, 2.05) is 0 Å². The molecule has 0 fully saturated rings. The molecular formula is C23H39O6Si2. The second-order valence-corrected chi connectivity index (χ2v) is 15.2. The third-order valence-corrected chi connectivity index (χ3v) is 10.2. The van der Waals surface area contributed by atoms with Crippen molar-refractivity contribution in [2.45, 2.75) is 83.6 Å². The van der Waals surface area contributed by atoms with Crippen molar-refractivity contribution in [2.24, 2.45) is 0 Å². The molecule has 1 rings (SSSR count). The van der Waals surface area contributed by atoms with Crippen LogP contribution in [0.25, 0.3) is 0 Å².